The normalized spacial score (nSPS) is 10.5. The van der Waals surface area contributed by atoms with Crippen LogP contribution < -0.4 is 9.47 Å². The van der Waals surface area contributed by atoms with Gasteiger partial charge in [0.05, 0.1) is 14.2 Å². The van der Waals surface area contributed by atoms with E-state index in [0.29, 0.717) is 23.6 Å². The molecule has 4 nitrogen and oxygen atoms in total. The molecule has 1 amide bonds. The summed E-state index contributed by atoms with van der Waals surface area (Å²) in [7, 11) is 3.15. The molecule has 0 aliphatic rings. The number of hydrogen-bond acceptors (Lipinski definition) is 3. The molecule has 0 aliphatic heterocycles. The number of methoxy groups -OCH3 is 2. The van der Waals surface area contributed by atoms with Gasteiger partial charge >= 0.3 is 0 Å². The van der Waals surface area contributed by atoms with Crippen molar-refractivity contribution in [2.75, 3.05) is 14.2 Å². The summed E-state index contributed by atoms with van der Waals surface area (Å²) in [4.78, 5) is 14.8. The molecule has 0 N–H and O–H groups in total. The van der Waals surface area contributed by atoms with Crippen LogP contribution in [0.25, 0.3) is 0 Å². The van der Waals surface area contributed by atoms with E-state index in [1.807, 2.05) is 49.1 Å². The van der Waals surface area contributed by atoms with Gasteiger partial charge in [-0.3, -0.25) is 4.79 Å². The van der Waals surface area contributed by atoms with Crippen LogP contribution in [0.4, 0.5) is 0 Å². The van der Waals surface area contributed by atoms with Gasteiger partial charge in [0.25, 0.3) is 5.91 Å². The summed E-state index contributed by atoms with van der Waals surface area (Å²) in [6.45, 7) is 4.59. The Morgan fingerprint density at radius 1 is 1.00 bits per heavy atom. The van der Waals surface area contributed by atoms with E-state index >= 15 is 0 Å². The van der Waals surface area contributed by atoms with E-state index in [1.54, 1.807) is 32.4 Å². The summed E-state index contributed by atoms with van der Waals surface area (Å²) in [5, 5.41) is 0. The lowest BCUT2D eigenvalue weighted by Gasteiger charge is -2.27. The van der Waals surface area contributed by atoms with Gasteiger partial charge < -0.3 is 14.4 Å². The van der Waals surface area contributed by atoms with Crippen LogP contribution in [0.2, 0.25) is 0 Å². The lowest BCUT2D eigenvalue weighted by Crippen LogP contribution is -2.36. The van der Waals surface area contributed by atoms with Gasteiger partial charge in [-0.2, -0.15) is 0 Å². The zero-order valence-corrected chi connectivity index (χ0v) is 14.1. The maximum absolute atomic E-state index is 12.9. The predicted octanol–water partition coefficient (Wildman–Crippen LogP) is 3.75. The van der Waals surface area contributed by atoms with Crippen molar-refractivity contribution in [2.24, 2.45) is 0 Å². The largest absolute Gasteiger partial charge is 0.497 e. The number of nitrogens with zero attached hydrogens (tertiary/aromatic N) is 1. The van der Waals surface area contributed by atoms with Crippen LogP contribution >= 0.6 is 0 Å². The molecule has 122 valence electrons. The van der Waals surface area contributed by atoms with Gasteiger partial charge in [0.2, 0.25) is 0 Å². The summed E-state index contributed by atoms with van der Waals surface area (Å²) in [5.74, 6) is 1.17. The van der Waals surface area contributed by atoms with Crippen molar-refractivity contribution >= 4 is 5.91 Å². The second-order valence-electron chi connectivity index (χ2n) is 5.61. The number of ether oxygens (including phenoxy) is 2. The Morgan fingerprint density at radius 2 is 1.57 bits per heavy atom. The Bertz CT molecular complexity index is 631. The topological polar surface area (TPSA) is 38.8 Å². The minimum Gasteiger partial charge on any atom is -0.497 e. The Kier molecular flexibility index (Phi) is 5.63. The molecule has 2 aromatic rings. The molecule has 0 aromatic heterocycles. The van der Waals surface area contributed by atoms with Crippen LogP contribution in [0.1, 0.15) is 29.8 Å². The average Bonchev–Trinajstić information content (AvgIpc) is 2.59. The van der Waals surface area contributed by atoms with Crippen molar-refractivity contribution in [3.05, 3.63) is 59.7 Å². The van der Waals surface area contributed by atoms with Gasteiger partial charge in [0, 0.05) is 24.2 Å². The van der Waals surface area contributed by atoms with Gasteiger partial charge in [0.1, 0.15) is 11.5 Å². The molecule has 23 heavy (non-hydrogen) atoms. The highest BCUT2D eigenvalue weighted by molar-refractivity contribution is 5.95. The van der Waals surface area contributed by atoms with E-state index in [1.165, 1.54) is 0 Å². The van der Waals surface area contributed by atoms with Gasteiger partial charge in [0.15, 0.2) is 0 Å². The van der Waals surface area contributed by atoms with Gasteiger partial charge in [-0.1, -0.05) is 30.3 Å². The Hall–Kier alpha value is -2.49. The van der Waals surface area contributed by atoms with Crippen LogP contribution in [-0.2, 0) is 6.54 Å². The Labute approximate surface area is 137 Å². The third-order valence-electron chi connectivity index (χ3n) is 3.68. The van der Waals surface area contributed by atoms with Crippen molar-refractivity contribution in [3.8, 4) is 11.5 Å². The lowest BCUT2D eigenvalue weighted by molar-refractivity contribution is 0.0689. The molecule has 0 radical (unpaired) electrons. The molecule has 0 unspecified atom stereocenters. The smallest absolute Gasteiger partial charge is 0.254 e. The molecular weight excluding hydrogens is 290 g/mol. The number of amides is 1. The first-order valence-electron chi connectivity index (χ1n) is 7.63. The number of rotatable bonds is 6. The Balaban J connectivity index is 2.31. The van der Waals surface area contributed by atoms with Crippen molar-refractivity contribution in [1.29, 1.82) is 0 Å². The van der Waals surface area contributed by atoms with E-state index in [-0.39, 0.29) is 11.9 Å². The van der Waals surface area contributed by atoms with Crippen molar-refractivity contribution in [3.63, 3.8) is 0 Å². The zero-order valence-electron chi connectivity index (χ0n) is 14.1. The zero-order chi connectivity index (χ0) is 16.8. The quantitative estimate of drug-likeness (QED) is 0.815. The van der Waals surface area contributed by atoms with Crippen LogP contribution in [0, 0.1) is 0 Å². The summed E-state index contributed by atoms with van der Waals surface area (Å²) in [5.41, 5.74) is 1.66. The average molecular weight is 313 g/mol. The molecule has 0 fully saturated rings. The maximum Gasteiger partial charge on any atom is 0.254 e. The van der Waals surface area contributed by atoms with E-state index in [9.17, 15) is 4.79 Å². The molecule has 0 saturated carbocycles. The summed E-state index contributed by atoms with van der Waals surface area (Å²) in [6, 6.07) is 15.3. The van der Waals surface area contributed by atoms with E-state index in [4.69, 9.17) is 9.47 Å². The SMILES string of the molecule is COc1cc(OC)cc(C(=O)N(Cc2ccccc2)C(C)C)c1. The third-order valence-corrected chi connectivity index (χ3v) is 3.68. The van der Waals surface area contributed by atoms with Gasteiger partial charge in [-0.15, -0.1) is 0 Å². The second kappa shape index (κ2) is 7.68. The maximum atomic E-state index is 12.9. The molecule has 2 rings (SSSR count). The number of carbonyl (C=O) groups is 1. The molecule has 0 heterocycles. The predicted molar refractivity (Wildman–Crippen MR) is 91.0 cm³/mol. The van der Waals surface area contributed by atoms with E-state index in [0.717, 1.165) is 5.56 Å². The summed E-state index contributed by atoms with van der Waals surface area (Å²) >= 11 is 0. The number of benzene rings is 2. The minimum atomic E-state index is -0.0407. The molecule has 0 aliphatic carbocycles. The minimum absolute atomic E-state index is 0.0407. The van der Waals surface area contributed by atoms with E-state index in [2.05, 4.69) is 0 Å². The standard InChI is InChI=1S/C19H23NO3/c1-14(2)20(13-15-8-6-5-7-9-15)19(21)16-10-17(22-3)12-18(11-16)23-4/h5-12,14H,13H2,1-4H3. The highest BCUT2D eigenvalue weighted by Gasteiger charge is 2.20. The molecule has 0 saturated heterocycles. The molecule has 0 spiro atoms. The van der Waals surface area contributed by atoms with Crippen LogP contribution in [0.15, 0.2) is 48.5 Å². The molecule has 4 heteroatoms. The first-order valence-corrected chi connectivity index (χ1v) is 7.63. The fourth-order valence-corrected chi connectivity index (χ4v) is 2.37. The van der Waals surface area contributed by atoms with Gasteiger partial charge in [-0.25, -0.2) is 0 Å². The fraction of sp³-hybridized carbons (Fsp3) is 0.316. The highest BCUT2D eigenvalue weighted by atomic mass is 16.5. The fourth-order valence-electron chi connectivity index (χ4n) is 2.37. The second-order valence-corrected chi connectivity index (χ2v) is 5.61. The first-order chi connectivity index (χ1) is 11.0. The van der Waals surface area contributed by atoms with Crippen LogP contribution in [-0.4, -0.2) is 31.1 Å². The van der Waals surface area contributed by atoms with Crippen LogP contribution in [0.5, 0.6) is 11.5 Å². The number of carbonyl (C=O) groups excluding carboxylic acids is 1. The van der Waals surface area contributed by atoms with Gasteiger partial charge in [-0.05, 0) is 31.5 Å². The monoisotopic (exact) mass is 313 g/mol. The molecule has 0 bridgehead atoms. The van der Waals surface area contributed by atoms with E-state index < -0.39 is 0 Å². The summed E-state index contributed by atoms with van der Waals surface area (Å²) in [6.07, 6.45) is 0. The lowest BCUT2D eigenvalue weighted by atomic mass is 10.1. The Morgan fingerprint density at radius 3 is 2.04 bits per heavy atom. The highest BCUT2D eigenvalue weighted by Crippen LogP contribution is 2.24. The third kappa shape index (κ3) is 4.25. The molecular formula is C19H23NO3. The molecule has 0 atom stereocenters. The van der Waals surface area contributed by atoms with Crippen LogP contribution in [0.3, 0.4) is 0 Å². The summed E-state index contributed by atoms with van der Waals surface area (Å²) < 4.78 is 10.5. The first kappa shape index (κ1) is 16.9. The van der Waals surface area contributed by atoms with Crippen molar-refractivity contribution in [2.45, 2.75) is 26.4 Å². The molecule has 2 aromatic carbocycles. The number of hydrogen-bond donors (Lipinski definition) is 0. The van der Waals surface area contributed by atoms with Crippen molar-refractivity contribution < 1.29 is 14.3 Å². The van der Waals surface area contributed by atoms with Crippen molar-refractivity contribution in [1.82, 2.24) is 4.90 Å².